The van der Waals surface area contributed by atoms with E-state index in [4.69, 9.17) is 27.9 Å². The molecule has 158 valence electrons. The van der Waals surface area contributed by atoms with E-state index in [9.17, 15) is 18.3 Å². The number of hydrogen-bond acceptors (Lipinski definition) is 6. The van der Waals surface area contributed by atoms with Crippen LogP contribution in [0.15, 0.2) is 27.8 Å². The lowest BCUT2D eigenvalue weighted by Crippen LogP contribution is -2.37. The van der Waals surface area contributed by atoms with Gasteiger partial charge < -0.3 is 20.5 Å². The molecule has 1 aliphatic heterocycles. The summed E-state index contributed by atoms with van der Waals surface area (Å²) in [4.78, 5) is 12.2. The van der Waals surface area contributed by atoms with Crippen molar-refractivity contribution in [3.8, 4) is 5.75 Å². The van der Waals surface area contributed by atoms with E-state index >= 15 is 0 Å². The molecule has 0 saturated carbocycles. The number of nitrogens with one attached hydrogen (secondary N) is 2. The highest BCUT2D eigenvalue weighted by Gasteiger charge is 2.38. The monoisotopic (exact) mass is 479 g/mol. The minimum Gasteiger partial charge on any atom is -0.504 e. The number of aromatic hydroxyl groups is 1. The average molecular weight is 480 g/mol. The van der Waals surface area contributed by atoms with Gasteiger partial charge >= 0.3 is 6.03 Å². The molecular formula is C17H19Cl2N3O5S2. The highest BCUT2D eigenvalue weighted by Crippen LogP contribution is 2.41. The topological polar surface area (TPSA) is 108 Å². The Morgan fingerprint density at radius 1 is 1.34 bits per heavy atom. The van der Waals surface area contributed by atoms with Crippen molar-refractivity contribution in [3.63, 3.8) is 0 Å². The van der Waals surface area contributed by atoms with Crippen LogP contribution < -0.4 is 10.6 Å². The fourth-order valence-electron chi connectivity index (χ4n) is 3.07. The molecule has 29 heavy (non-hydrogen) atoms. The molecule has 2 amide bonds. The molecule has 1 atom stereocenters. The third-order valence-electron chi connectivity index (χ3n) is 4.41. The average Bonchev–Trinajstić information content (AvgIpc) is 3.27. The molecule has 1 saturated heterocycles. The minimum atomic E-state index is -3.92. The molecule has 2 aromatic rings. The number of nitrogens with zero attached hydrogens (tertiary/aromatic N) is 1. The molecule has 3 rings (SSSR count). The van der Waals surface area contributed by atoms with Crippen LogP contribution in [-0.4, -0.2) is 50.2 Å². The second-order valence-electron chi connectivity index (χ2n) is 6.33. The van der Waals surface area contributed by atoms with Gasteiger partial charge in [-0.25, -0.2) is 13.2 Å². The van der Waals surface area contributed by atoms with Gasteiger partial charge in [0.15, 0.2) is 9.96 Å². The van der Waals surface area contributed by atoms with Gasteiger partial charge in [-0.05, 0) is 25.0 Å². The lowest BCUT2D eigenvalue weighted by Gasteiger charge is -2.22. The van der Waals surface area contributed by atoms with Crippen LogP contribution in [0.5, 0.6) is 5.75 Å². The summed E-state index contributed by atoms with van der Waals surface area (Å²) in [5.74, 6) is -0.509. The number of rotatable bonds is 6. The first-order valence-corrected chi connectivity index (χ1v) is 11.7. The number of carbonyl (C=O) groups is 1. The quantitative estimate of drug-likeness (QED) is 0.574. The normalized spacial score (nSPS) is 17.4. The Labute approximate surface area is 182 Å². The van der Waals surface area contributed by atoms with Gasteiger partial charge in [0.2, 0.25) is 0 Å². The maximum atomic E-state index is 13.0. The second-order valence-corrected chi connectivity index (χ2v) is 10.1. The molecule has 0 spiro atoms. The van der Waals surface area contributed by atoms with Gasteiger partial charge in [0, 0.05) is 25.1 Å². The van der Waals surface area contributed by atoms with Gasteiger partial charge in [-0.3, -0.25) is 0 Å². The molecular weight excluding hydrogens is 461 g/mol. The third kappa shape index (κ3) is 4.62. The number of amides is 2. The van der Waals surface area contributed by atoms with Crippen molar-refractivity contribution in [1.82, 2.24) is 4.31 Å². The third-order valence-corrected chi connectivity index (χ3v) is 8.67. The largest absolute Gasteiger partial charge is 0.504 e. The summed E-state index contributed by atoms with van der Waals surface area (Å²) in [6.45, 7) is 0.628. The standard InChI is InChI=1S/C17H19Cl2N3O5S2/c1-27-8-10-4-3-7-22(10)29(25,26)16-15(23)13(9-28-16)21-17(24)20-12-6-2-5-11(18)14(12)19/h2,5-6,9-10,23H,3-4,7-8H2,1H3,(H2,20,21,24)/t10-/m0/s1. The zero-order valence-electron chi connectivity index (χ0n) is 15.3. The Morgan fingerprint density at radius 3 is 2.79 bits per heavy atom. The molecule has 0 bridgehead atoms. The number of anilines is 2. The van der Waals surface area contributed by atoms with Gasteiger partial charge in [-0.1, -0.05) is 29.3 Å². The Balaban J connectivity index is 1.77. The van der Waals surface area contributed by atoms with Crippen LogP contribution in [0.2, 0.25) is 10.0 Å². The molecule has 0 unspecified atom stereocenters. The van der Waals surface area contributed by atoms with Gasteiger partial charge in [-0.2, -0.15) is 4.31 Å². The first-order chi connectivity index (χ1) is 13.8. The number of benzene rings is 1. The van der Waals surface area contributed by atoms with E-state index in [1.807, 2.05) is 0 Å². The van der Waals surface area contributed by atoms with Crippen molar-refractivity contribution in [2.24, 2.45) is 0 Å². The molecule has 0 radical (unpaired) electrons. The predicted octanol–water partition coefficient (Wildman–Crippen LogP) is 4.20. The summed E-state index contributed by atoms with van der Waals surface area (Å²) in [6, 6.07) is 3.76. The molecule has 12 heteroatoms. The van der Waals surface area contributed by atoms with Crippen LogP contribution >= 0.6 is 34.5 Å². The lowest BCUT2D eigenvalue weighted by atomic mass is 10.2. The second kappa shape index (κ2) is 9.07. The molecule has 3 N–H and O–H groups in total. The van der Waals surface area contributed by atoms with Crippen molar-refractivity contribution < 1.29 is 23.1 Å². The van der Waals surface area contributed by atoms with Gasteiger partial charge in [0.25, 0.3) is 10.0 Å². The Hall–Kier alpha value is -1.56. The van der Waals surface area contributed by atoms with Gasteiger partial charge in [0.1, 0.15) is 0 Å². The van der Waals surface area contributed by atoms with Crippen molar-refractivity contribution in [3.05, 3.63) is 33.6 Å². The summed E-state index contributed by atoms with van der Waals surface area (Å²) in [5.41, 5.74) is 0.255. The van der Waals surface area contributed by atoms with E-state index in [0.29, 0.717) is 19.4 Å². The summed E-state index contributed by atoms with van der Waals surface area (Å²) < 4.78 is 32.2. The molecule has 2 heterocycles. The fourth-order valence-corrected chi connectivity index (χ4v) is 6.45. The summed E-state index contributed by atoms with van der Waals surface area (Å²) in [6.07, 6.45) is 1.40. The van der Waals surface area contributed by atoms with Gasteiger partial charge in [-0.15, -0.1) is 11.3 Å². The van der Waals surface area contributed by atoms with Crippen molar-refractivity contribution in [2.45, 2.75) is 23.1 Å². The van der Waals surface area contributed by atoms with Crippen LogP contribution in [0.1, 0.15) is 12.8 Å². The molecule has 0 aliphatic carbocycles. The minimum absolute atomic E-state index is 0.0216. The molecule has 1 aromatic heterocycles. The van der Waals surface area contributed by atoms with Gasteiger partial charge in [0.05, 0.1) is 28.0 Å². The van der Waals surface area contributed by atoms with E-state index < -0.39 is 21.8 Å². The zero-order chi connectivity index (χ0) is 21.2. The number of sulfonamides is 1. The fraction of sp³-hybridized carbons (Fsp3) is 0.353. The first kappa shape index (κ1) is 22.1. The molecule has 8 nitrogen and oxygen atoms in total. The number of hydrogen-bond donors (Lipinski definition) is 3. The number of halogens is 2. The van der Waals surface area contributed by atoms with Crippen molar-refractivity contribution in [1.29, 1.82) is 0 Å². The summed E-state index contributed by atoms with van der Waals surface area (Å²) in [5, 5.41) is 17.2. The Kier molecular flexibility index (Phi) is 6.92. The zero-order valence-corrected chi connectivity index (χ0v) is 18.5. The summed E-state index contributed by atoms with van der Waals surface area (Å²) in [7, 11) is -2.40. The number of urea groups is 1. The van der Waals surface area contributed by atoms with Crippen molar-refractivity contribution >= 4 is 62.0 Å². The van der Waals surface area contributed by atoms with Crippen LogP contribution in [-0.2, 0) is 14.8 Å². The highest BCUT2D eigenvalue weighted by molar-refractivity contribution is 7.91. The summed E-state index contributed by atoms with van der Waals surface area (Å²) >= 11 is 12.8. The maximum absolute atomic E-state index is 13.0. The lowest BCUT2D eigenvalue weighted by molar-refractivity contribution is 0.149. The highest BCUT2D eigenvalue weighted by atomic mass is 35.5. The molecule has 1 aliphatic rings. The van der Waals surface area contributed by atoms with E-state index in [1.54, 1.807) is 18.2 Å². The van der Waals surface area contributed by atoms with E-state index in [-0.39, 0.29) is 38.3 Å². The number of methoxy groups -OCH3 is 1. The maximum Gasteiger partial charge on any atom is 0.323 e. The number of ether oxygens (including phenoxy) is 1. The smallest absolute Gasteiger partial charge is 0.323 e. The van der Waals surface area contributed by atoms with Crippen LogP contribution in [0, 0.1) is 0 Å². The Morgan fingerprint density at radius 2 is 2.07 bits per heavy atom. The van der Waals surface area contributed by atoms with Crippen LogP contribution in [0.3, 0.4) is 0 Å². The Bertz CT molecular complexity index is 1010. The van der Waals surface area contributed by atoms with E-state index in [1.165, 1.54) is 16.8 Å². The molecule has 1 aromatic carbocycles. The predicted molar refractivity (Wildman–Crippen MR) is 114 cm³/mol. The van der Waals surface area contributed by atoms with E-state index in [0.717, 1.165) is 11.3 Å². The first-order valence-electron chi connectivity index (χ1n) is 8.59. The van der Waals surface area contributed by atoms with Crippen molar-refractivity contribution in [2.75, 3.05) is 30.9 Å². The van der Waals surface area contributed by atoms with Crippen LogP contribution in [0.4, 0.5) is 16.2 Å². The SMILES string of the molecule is COC[C@@H]1CCCN1S(=O)(=O)c1scc(NC(=O)Nc2cccc(Cl)c2Cl)c1O. The van der Waals surface area contributed by atoms with E-state index in [2.05, 4.69) is 10.6 Å². The number of thiophene rings is 1. The molecule has 1 fully saturated rings. The van der Waals surface area contributed by atoms with Crippen LogP contribution in [0.25, 0.3) is 0 Å². The number of carbonyl (C=O) groups excluding carboxylic acids is 1.